The fraction of sp³-hybridized carbons (Fsp3) is 0.136. The molecule has 18 heteroatoms. The second kappa shape index (κ2) is 20.0. The van der Waals surface area contributed by atoms with Crippen molar-refractivity contribution in [3.63, 3.8) is 0 Å². The van der Waals surface area contributed by atoms with Gasteiger partial charge in [0.15, 0.2) is 17.4 Å². The number of hydrogen-bond donors (Lipinski definition) is 3. The summed E-state index contributed by atoms with van der Waals surface area (Å²) >= 11 is 0. The van der Waals surface area contributed by atoms with Crippen molar-refractivity contribution in [3.8, 4) is 34.2 Å². The van der Waals surface area contributed by atoms with Crippen molar-refractivity contribution < 1.29 is 34.3 Å². The largest absolute Gasteiger partial charge is 0.465 e. The number of methoxy groups -OCH3 is 2. The minimum atomic E-state index is -0.476. The molecule has 6 aromatic heterocycles. The van der Waals surface area contributed by atoms with Gasteiger partial charge in [-0.05, 0) is 93.6 Å². The highest BCUT2D eigenvalue weighted by molar-refractivity contribution is 6.07. The Balaban J connectivity index is 0.000000222. The van der Waals surface area contributed by atoms with Gasteiger partial charge in [-0.2, -0.15) is 10.2 Å². The molecule has 0 unspecified atom stereocenters. The number of nitrogens with zero attached hydrogens (tertiary/aromatic N) is 9. The third kappa shape index (κ3) is 9.50. The van der Waals surface area contributed by atoms with Gasteiger partial charge >= 0.3 is 11.9 Å². The molecule has 0 spiro atoms. The highest BCUT2D eigenvalue weighted by atomic mass is 35.5. The summed E-state index contributed by atoms with van der Waals surface area (Å²) in [6.07, 6.45) is 3.25. The van der Waals surface area contributed by atoms with E-state index in [2.05, 4.69) is 41.2 Å². The lowest BCUT2D eigenvalue weighted by molar-refractivity contribution is 0.0594. The van der Waals surface area contributed by atoms with Crippen LogP contribution >= 0.6 is 12.4 Å². The van der Waals surface area contributed by atoms with E-state index in [-0.39, 0.29) is 18.2 Å². The fourth-order valence-electron chi connectivity index (χ4n) is 6.40. The minimum Gasteiger partial charge on any atom is -0.465 e. The van der Waals surface area contributed by atoms with Crippen LogP contribution in [0.4, 0.5) is 0 Å². The normalized spacial score (nSPS) is 10.8. The van der Waals surface area contributed by atoms with Crippen molar-refractivity contribution in [3.05, 3.63) is 143 Å². The number of esters is 2. The van der Waals surface area contributed by atoms with E-state index in [4.69, 9.17) is 19.9 Å². The molecule has 0 saturated carbocycles. The number of rotatable bonds is 8. The summed E-state index contributed by atoms with van der Waals surface area (Å²) in [6.45, 7) is 6.93. The molecule has 8 rings (SSSR count). The minimum absolute atomic E-state index is 0. The van der Waals surface area contributed by atoms with E-state index in [0.29, 0.717) is 84.2 Å². The number of hydrogen-bond acceptors (Lipinski definition) is 15. The Morgan fingerprint density at radius 3 is 1.44 bits per heavy atom. The van der Waals surface area contributed by atoms with Crippen LogP contribution in [0.2, 0.25) is 0 Å². The molecule has 0 aliphatic carbocycles. The Morgan fingerprint density at radius 2 is 1.03 bits per heavy atom. The number of oxime groups is 1. The van der Waals surface area contributed by atoms with Crippen LogP contribution in [0.5, 0.6) is 0 Å². The number of carbonyl (C=O) groups is 3. The number of benzene rings is 2. The van der Waals surface area contributed by atoms with E-state index < -0.39 is 11.9 Å². The Labute approximate surface area is 360 Å². The molecular formula is C44H41ClN10O7. The van der Waals surface area contributed by atoms with E-state index in [0.717, 1.165) is 11.4 Å². The molecule has 0 fully saturated rings. The van der Waals surface area contributed by atoms with Gasteiger partial charge in [0, 0.05) is 40.2 Å². The molecule has 0 atom stereocenters. The molecule has 6 heterocycles. The van der Waals surface area contributed by atoms with Crippen LogP contribution in [-0.2, 0) is 9.47 Å². The lowest BCUT2D eigenvalue weighted by atomic mass is 10.0. The topological polar surface area (TPSA) is 236 Å². The fourth-order valence-corrected chi connectivity index (χ4v) is 6.40. The van der Waals surface area contributed by atoms with E-state index in [1.54, 1.807) is 65.1 Å². The predicted molar refractivity (Wildman–Crippen MR) is 234 cm³/mol. The van der Waals surface area contributed by atoms with Gasteiger partial charge in [0.05, 0.1) is 65.9 Å². The maximum Gasteiger partial charge on any atom is 0.338 e. The number of Topliss-reactive ketones (excluding diaryl/α,β-unsaturated/α-hetero) is 1. The van der Waals surface area contributed by atoms with Gasteiger partial charge < -0.3 is 19.9 Å². The first-order valence-corrected chi connectivity index (χ1v) is 18.5. The summed E-state index contributed by atoms with van der Waals surface area (Å²) in [5.74, 6) is 3.70. The Hall–Kier alpha value is -7.73. The van der Waals surface area contributed by atoms with Gasteiger partial charge in [-0.1, -0.05) is 29.4 Å². The lowest BCUT2D eigenvalue weighted by Crippen LogP contribution is -2.05. The van der Waals surface area contributed by atoms with E-state index >= 15 is 0 Å². The smallest absolute Gasteiger partial charge is 0.338 e. The molecule has 0 radical (unpaired) electrons. The van der Waals surface area contributed by atoms with Gasteiger partial charge in [-0.25, -0.2) is 44.8 Å². The zero-order chi connectivity index (χ0) is 43.8. The summed E-state index contributed by atoms with van der Waals surface area (Å²) in [7, 11) is 2.68. The Morgan fingerprint density at radius 1 is 0.613 bits per heavy atom. The number of halogens is 1. The van der Waals surface area contributed by atoms with Crippen molar-refractivity contribution in [2.45, 2.75) is 27.7 Å². The number of pyridine rings is 4. The van der Waals surface area contributed by atoms with Crippen LogP contribution in [0.3, 0.4) is 0 Å². The first kappa shape index (κ1) is 45.4. The maximum atomic E-state index is 12.5. The van der Waals surface area contributed by atoms with Gasteiger partial charge in [-0.15, -0.1) is 12.4 Å². The average molecular weight is 857 g/mol. The molecule has 8 aromatic rings. The second-order valence-corrected chi connectivity index (χ2v) is 13.3. The number of nitrogens with two attached hydrogens (primary N) is 1. The van der Waals surface area contributed by atoms with Gasteiger partial charge in [-0.3, -0.25) is 4.79 Å². The molecule has 62 heavy (non-hydrogen) atoms. The molecule has 17 nitrogen and oxygen atoms in total. The molecule has 0 aliphatic rings. The Bertz CT molecular complexity index is 2960. The van der Waals surface area contributed by atoms with Crippen molar-refractivity contribution in [1.29, 1.82) is 0 Å². The van der Waals surface area contributed by atoms with E-state index in [9.17, 15) is 14.4 Å². The summed E-state index contributed by atoms with van der Waals surface area (Å²) in [6, 6.07) is 29.1. The predicted octanol–water partition coefficient (Wildman–Crippen LogP) is 7.31. The van der Waals surface area contributed by atoms with Crippen LogP contribution in [0.1, 0.15) is 62.1 Å². The number of ketones is 1. The summed E-state index contributed by atoms with van der Waals surface area (Å²) < 4.78 is 13.3. The van der Waals surface area contributed by atoms with Gasteiger partial charge in [0.25, 0.3) is 0 Å². The molecule has 0 bridgehead atoms. The lowest BCUT2D eigenvalue weighted by Gasteiger charge is -2.09. The summed E-state index contributed by atoms with van der Waals surface area (Å²) in [5.41, 5.74) is 7.70. The number of fused-ring (bicyclic) bond motifs is 2. The van der Waals surface area contributed by atoms with E-state index in [1.165, 1.54) is 21.1 Å². The first-order valence-electron chi connectivity index (χ1n) is 18.5. The summed E-state index contributed by atoms with van der Waals surface area (Å²) in [5, 5.41) is 29.0. The maximum absolute atomic E-state index is 12.5. The first-order chi connectivity index (χ1) is 29.5. The standard InChI is InChI=1S/C22H19N5O3.C22H18N4O3.ClH.H3NO/c1-13-6-4-9-21(24-13)27-20-11-15(10-16(22(28)30-3)17(20)12-23-27)19-8-5-7-18(25-19)14(2)26-29;1-13-6-4-9-21(24-13)26-20-11-15(19-8-5-7-18(25-19)14(2)27)10-16(22(28)29-3)17(20)12-23-26;;1-2/h4-12,29H,1-3H3;4-12H,1-3H3;1H;2H,1H2/b26-14-;;;. The van der Waals surface area contributed by atoms with Crippen LogP contribution in [-0.4, -0.2) is 87.6 Å². The Kier molecular flexibility index (Phi) is 14.6. The molecule has 4 N–H and O–H groups in total. The average Bonchev–Trinajstić information content (AvgIpc) is 3.93. The third-order valence-corrected chi connectivity index (χ3v) is 9.34. The third-order valence-electron chi connectivity index (χ3n) is 9.34. The molecule has 0 amide bonds. The summed E-state index contributed by atoms with van der Waals surface area (Å²) in [4.78, 5) is 54.7. The number of carbonyl (C=O) groups excluding carboxylic acids is 3. The monoisotopic (exact) mass is 856 g/mol. The molecule has 0 saturated heterocycles. The van der Waals surface area contributed by atoms with Crippen LogP contribution in [0, 0.1) is 13.8 Å². The number of aromatic nitrogens is 8. The zero-order valence-corrected chi connectivity index (χ0v) is 35.2. The van der Waals surface area contributed by atoms with Crippen molar-refractivity contribution in [1.82, 2.24) is 39.5 Å². The van der Waals surface area contributed by atoms with Crippen molar-refractivity contribution in [2.75, 3.05) is 14.2 Å². The SMILES string of the molecule is COC(=O)c1cc(-c2cccc(/C(C)=N\O)n2)cc2c1cnn2-c1cccc(C)n1.COC(=O)c1cc(-c2cccc(C(C)=O)n2)cc2c1cnn2-c1cccc(C)n1.Cl.NO. The molecule has 2 aromatic carbocycles. The molecule has 0 aliphatic heterocycles. The van der Waals surface area contributed by atoms with Gasteiger partial charge in [0.1, 0.15) is 11.4 Å². The van der Waals surface area contributed by atoms with Crippen molar-refractivity contribution in [2.24, 2.45) is 11.1 Å². The number of aryl methyl sites for hydroxylation is 2. The highest BCUT2D eigenvalue weighted by Gasteiger charge is 2.20. The highest BCUT2D eigenvalue weighted by Crippen LogP contribution is 2.31. The zero-order valence-electron chi connectivity index (χ0n) is 34.3. The van der Waals surface area contributed by atoms with Crippen LogP contribution in [0.15, 0.2) is 115 Å². The van der Waals surface area contributed by atoms with Crippen LogP contribution < -0.4 is 5.90 Å². The van der Waals surface area contributed by atoms with Crippen LogP contribution in [0.25, 0.3) is 56.0 Å². The quantitative estimate of drug-likeness (QED) is 0.0447. The molecule has 316 valence electrons. The van der Waals surface area contributed by atoms with Crippen molar-refractivity contribution >= 4 is 57.6 Å². The second-order valence-electron chi connectivity index (χ2n) is 13.3. The molecular weight excluding hydrogens is 816 g/mol. The number of ether oxygens (including phenoxy) is 2. The van der Waals surface area contributed by atoms with E-state index in [1.807, 2.05) is 74.5 Å². The van der Waals surface area contributed by atoms with Gasteiger partial charge in [0.2, 0.25) is 0 Å².